The molecule has 2 amide bonds. The van der Waals surface area contributed by atoms with Gasteiger partial charge >= 0.3 is 0 Å². The normalized spacial score (nSPS) is 27.4. The number of carbonyl (C=O) groups is 2. The Kier molecular flexibility index (Phi) is 3.17. The molecule has 0 spiro atoms. The number of hydrogen-bond acceptors (Lipinski definition) is 2. The van der Waals surface area contributed by atoms with Crippen LogP contribution in [0.3, 0.4) is 0 Å². The van der Waals surface area contributed by atoms with Crippen molar-refractivity contribution in [1.29, 1.82) is 0 Å². The van der Waals surface area contributed by atoms with E-state index in [1.54, 1.807) is 0 Å². The molecule has 4 heteroatoms. The molecule has 2 atom stereocenters. The maximum absolute atomic E-state index is 11.6. The average molecular weight is 224 g/mol. The quantitative estimate of drug-likeness (QED) is 0.750. The van der Waals surface area contributed by atoms with Gasteiger partial charge in [-0.15, -0.1) is 0 Å². The van der Waals surface area contributed by atoms with Crippen LogP contribution < -0.4 is 5.32 Å². The van der Waals surface area contributed by atoms with Gasteiger partial charge in [-0.05, 0) is 25.2 Å². The number of nitrogens with one attached hydrogen (secondary N) is 1. The molecule has 0 aromatic carbocycles. The molecule has 1 N–H and O–H groups in total. The van der Waals surface area contributed by atoms with Crippen LogP contribution in [0.15, 0.2) is 0 Å². The van der Waals surface area contributed by atoms with Crippen LogP contribution in [0.2, 0.25) is 0 Å². The van der Waals surface area contributed by atoms with Crippen molar-refractivity contribution in [2.75, 3.05) is 13.6 Å². The van der Waals surface area contributed by atoms with Crippen molar-refractivity contribution in [3.8, 4) is 0 Å². The number of nitrogens with zero attached hydrogens (tertiary/aromatic N) is 1. The predicted molar refractivity (Wildman–Crippen MR) is 60.7 cm³/mol. The highest BCUT2D eigenvalue weighted by Gasteiger charge is 2.38. The van der Waals surface area contributed by atoms with Gasteiger partial charge in [0.1, 0.15) is 0 Å². The van der Waals surface area contributed by atoms with E-state index in [0.29, 0.717) is 24.9 Å². The zero-order valence-electron chi connectivity index (χ0n) is 10.0. The number of hydrogen-bond donors (Lipinski definition) is 1. The summed E-state index contributed by atoms with van der Waals surface area (Å²) >= 11 is 0. The topological polar surface area (TPSA) is 49.4 Å². The molecule has 0 radical (unpaired) electrons. The zero-order chi connectivity index (χ0) is 11.7. The second kappa shape index (κ2) is 4.44. The molecule has 16 heavy (non-hydrogen) atoms. The molecular weight excluding hydrogens is 204 g/mol. The molecule has 0 aliphatic heterocycles. The second-order valence-corrected chi connectivity index (χ2v) is 5.10. The summed E-state index contributed by atoms with van der Waals surface area (Å²) in [6, 6.07) is 0.464. The number of amides is 2. The minimum absolute atomic E-state index is 0.120. The first-order valence-electron chi connectivity index (χ1n) is 6.13. The molecule has 2 aliphatic carbocycles. The van der Waals surface area contributed by atoms with Crippen LogP contribution in [0, 0.1) is 11.8 Å². The summed E-state index contributed by atoms with van der Waals surface area (Å²) in [7, 11) is 1.85. The van der Waals surface area contributed by atoms with E-state index in [2.05, 4.69) is 12.2 Å². The summed E-state index contributed by atoms with van der Waals surface area (Å²) in [5, 5.41) is 2.83. The van der Waals surface area contributed by atoms with Gasteiger partial charge in [0.05, 0.1) is 0 Å². The SMILES string of the molecule is C[C@@H]1C[C@H]1C(=O)NCCC(=O)N(C)C1CC1. The molecule has 0 unspecified atom stereocenters. The molecule has 0 bridgehead atoms. The lowest BCUT2D eigenvalue weighted by molar-refractivity contribution is -0.130. The van der Waals surface area contributed by atoms with Crippen LogP contribution in [0.5, 0.6) is 0 Å². The summed E-state index contributed by atoms with van der Waals surface area (Å²) in [5.41, 5.74) is 0. The fraction of sp³-hybridized carbons (Fsp3) is 0.833. The van der Waals surface area contributed by atoms with Crippen molar-refractivity contribution in [3.05, 3.63) is 0 Å². The molecule has 0 aromatic heterocycles. The zero-order valence-corrected chi connectivity index (χ0v) is 10.0. The summed E-state index contributed by atoms with van der Waals surface area (Å²) in [5.74, 6) is 1.00. The Morgan fingerprint density at radius 1 is 1.38 bits per heavy atom. The van der Waals surface area contributed by atoms with E-state index in [1.807, 2.05) is 11.9 Å². The minimum atomic E-state index is 0.120. The van der Waals surface area contributed by atoms with Gasteiger partial charge in [0.2, 0.25) is 11.8 Å². The number of carbonyl (C=O) groups excluding carboxylic acids is 2. The molecule has 90 valence electrons. The fourth-order valence-electron chi connectivity index (χ4n) is 1.95. The van der Waals surface area contributed by atoms with E-state index in [0.717, 1.165) is 19.3 Å². The second-order valence-electron chi connectivity index (χ2n) is 5.10. The van der Waals surface area contributed by atoms with Crippen molar-refractivity contribution in [3.63, 3.8) is 0 Å². The van der Waals surface area contributed by atoms with Crippen LogP contribution in [0.25, 0.3) is 0 Å². The number of rotatable bonds is 5. The summed E-state index contributed by atoms with van der Waals surface area (Å²) < 4.78 is 0. The Hall–Kier alpha value is -1.06. The smallest absolute Gasteiger partial charge is 0.224 e. The van der Waals surface area contributed by atoms with E-state index in [1.165, 1.54) is 0 Å². The van der Waals surface area contributed by atoms with Gasteiger partial charge in [-0.25, -0.2) is 0 Å². The highest BCUT2D eigenvalue weighted by molar-refractivity contribution is 5.82. The first-order chi connectivity index (χ1) is 7.59. The van der Waals surface area contributed by atoms with Crippen LogP contribution in [-0.4, -0.2) is 36.3 Å². The first-order valence-corrected chi connectivity index (χ1v) is 6.13. The molecule has 2 saturated carbocycles. The highest BCUT2D eigenvalue weighted by Crippen LogP contribution is 2.37. The molecular formula is C12H20N2O2. The van der Waals surface area contributed by atoms with Crippen LogP contribution in [-0.2, 0) is 9.59 Å². The third-order valence-corrected chi connectivity index (χ3v) is 3.57. The Morgan fingerprint density at radius 2 is 2.00 bits per heavy atom. The van der Waals surface area contributed by atoms with E-state index in [-0.39, 0.29) is 17.7 Å². The molecule has 2 aliphatic rings. The van der Waals surface area contributed by atoms with Crippen LogP contribution >= 0.6 is 0 Å². The molecule has 4 nitrogen and oxygen atoms in total. The van der Waals surface area contributed by atoms with Gasteiger partial charge in [0, 0.05) is 32.0 Å². The monoisotopic (exact) mass is 224 g/mol. The Labute approximate surface area is 96.4 Å². The van der Waals surface area contributed by atoms with Crippen LogP contribution in [0.1, 0.15) is 32.6 Å². The van der Waals surface area contributed by atoms with Crippen molar-refractivity contribution in [2.24, 2.45) is 11.8 Å². The standard InChI is InChI=1S/C12H20N2O2/c1-8-7-10(8)12(16)13-6-5-11(15)14(2)9-3-4-9/h8-10H,3-7H2,1-2H3,(H,13,16)/t8-,10-/m1/s1. The molecule has 0 aromatic rings. The maximum Gasteiger partial charge on any atom is 0.224 e. The van der Waals surface area contributed by atoms with Crippen molar-refractivity contribution >= 4 is 11.8 Å². The third-order valence-electron chi connectivity index (χ3n) is 3.57. The highest BCUT2D eigenvalue weighted by atomic mass is 16.2. The fourth-order valence-corrected chi connectivity index (χ4v) is 1.95. The van der Waals surface area contributed by atoms with Crippen molar-refractivity contribution in [1.82, 2.24) is 10.2 Å². The van der Waals surface area contributed by atoms with Gasteiger partial charge in [0.25, 0.3) is 0 Å². The van der Waals surface area contributed by atoms with Crippen LogP contribution in [0.4, 0.5) is 0 Å². The lowest BCUT2D eigenvalue weighted by atomic mass is 10.3. The van der Waals surface area contributed by atoms with E-state index >= 15 is 0 Å². The van der Waals surface area contributed by atoms with Gasteiger partial charge in [-0.3, -0.25) is 9.59 Å². The van der Waals surface area contributed by atoms with Gasteiger partial charge in [0.15, 0.2) is 0 Å². The summed E-state index contributed by atoms with van der Waals surface area (Å²) in [6.45, 7) is 2.56. The Bertz CT molecular complexity index is 299. The first kappa shape index (κ1) is 11.4. The minimum Gasteiger partial charge on any atom is -0.355 e. The van der Waals surface area contributed by atoms with E-state index < -0.39 is 0 Å². The molecule has 2 fully saturated rings. The molecule has 0 heterocycles. The summed E-state index contributed by atoms with van der Waals surface area (Å²) in [6.07, 6.45) is 3.70. The lowest BCUT2D eigenvalue weighted by Gasteiger charge is -2.16. The summed E-state index contributed by atoms with van der Waals surface area (Å²) in [4.78, 5) is 24.9. The Balaban J connectivity index is 1.60. The van der Waals surface area contributed by atoms with E-state index in [9.17, 15) is 9.59 Å². The van der Waals surface area contributed by atoms with E-state index in [4.69, 9.17) is 0 Å². The van der Waals surface area contributed by atoms with Gasteiger partial charge in [-0.2, -0.15) is 0 Å². The van der Waals surface area contributed by atoms with Crippen molar-refractivity contribution < 1.29 is 9.59 Å². The average Bonchev–Trinajstić information content (AvgIpc) is 3.09. The largest absolute Gasteiger partial charge is 0.355 e. The lowest BCUT2D eigenvalue weighted by Crippen LogP contribution is -2.33. The van der Waals surface area contributed by atoms with Crippen molar-refractivity contribution in [2.45, 2.75) is 38.6 Å². The third kappa shape index (κ3) is 2.74. The Morgan fingerprint density at radius 3 is 2.50 bits per heavy atom. The maximum atomic E-state index is 11.6. The van der Waals surface area contributed by atoms with Gasteiger partial charge < -0.3 is 10.2 Å². The molecule has 0 saturated heterocycles. The molecule has 2 rings (SSSR count). The predicted octanol–water partition coefficient (Wildman–Crippen LogP) is 0.769. The van der Waals surface area contributed by atoms with Gasteiger partial charge in [-0.1, -0.05) is 6.92 Å².